The predicted octanol–water partition coefficient (Wildman–Crippen LogP) is 3.84. The topological polar surface area (TPSA) is 38.9 Å². The van der Waals surface area contributed by atoms with Gasteiger partial charge >= 0.3 is 0 Å². The minimum absolute atomic E-state index is 0.814. The third-order valence-corrected chi connectivity index (χ3v) is 3.23. The first kappa shape index (κ1) is 9.59. The van der Waals surface area contributed by atoms with Crippen LogP contribution in [0.2, 0.25) is 0 Å². The number of nitrogens with zero attached hydrogens (tertiary/aromatic N) is 2. The van der Waals surface area contributed by atoms with Gasteiger partial charge in [0.05, 0.1) is 11.7 Å². The van der Waals surface area contributed by atoms with Gasteiger partial charge in [-0.15, -0.1) is 0 Å². The quantitative estimate of drug-likeness (QED) is 0.464. The van der Waals surface area contributed by atoms with Gasteiger partial charge < -0.3 is 4.42 Å². The molecule has 1 aromatic carbocycles. The summed E-state index contributed by atoms with van der Waals surface area (Å²) in [6, 6.07) is 10.0. The molecule has 0 aliphatic rings. The van der Waals surface area contributed by atoms with E-state index in [-0.39, 0.29) is 0 Å². The molecule has 3 heteroatoms. The summed E-state index contributed by atoms with van der Waals surface area (Å²) in [5.41, 5.74) is 3.64. The SMILES string of the molecule is Cc1cc2c(cn1)oc1c3ccccc3ncc21. The number of hydrogen-bond donors (Lipinski definition) is 0. The molecule has 18 heavy (non-hydrogen) atoms. The summed E-state index contributed by atoms with van der Waals surface area (Å²) < 4.78 is 5.92. The van der Waals surface area contributed by atoms with Crippen LogP contribution in [0.4, 0.5) is 0 Å². The summed E-state index contributed by atoms with van der Waals surface area (Å²) >= 11 is 0. The number of aryl methyl sites for hydroxylation is 1. The van der Waals surface area contributed by atoms with E-state index in [2.05, 4.69) is 9.97 Å². The highest BCUT2D eigenvalue weighted by atomic mass is 16.3. The molecule has 3 heterocycles. The molecule has 0 bridgehead atoms. The molecular formula is C15H10N2O. The number of aromatic nitrogens is 2. The van der Waals surface area contributed by atoms with E-state index in [0.717, 1.165) is 38.5 Å². The highest BCUT2D eigenvalue weighted by molar-refractivity contribution is 6.13. The maximum atomic E-state index is 5.92. The maximum Gasteiger partial charge on any atom is 0.153 e. The van der Waals surface area contributed by atoms with Crippen LogP contribution in [0.3, 0.4) is 0 Å². The molecule has 3 nitrogen and oxygen atoms in total. The van der Waals surface area contributed by atoms with Crippen LogP contribution in [0.25, 0.3) is 32.8 Å². The van der Waals surface area contributed by atoms with Crippen LogP contribution in [0.1, 0.15) is 5.69 Å². The smallest absolute Gasteiger partial charge is 0.153 e. The fraction of sp³-hybridized carbons (Fsp3) is 0.0667. The van der Waals surface area contributed by atoms with Crippen molar-refractivity contribution >= 4 is 32.8 Å². The van der Waals surface area contributed by atoms with Crippen LogP contribution in [-0.2, 0) is 0 Å². The molecular weight excluding hydrogens is 224 g/mol. The number of furan rings is 1. The van der Waals surface area contributed by atoms with E-state index in [0.29, 0.717) is 0 Å². The molecule has 0 saturated heterocycles. The molecule has 4 rings (SSSR count). The summed E-state index contributed by atoms with van der Waals surface area (Å²) in [6.45, 7) is 1.98. The van der Waals surface area contributed by atoms with Crippen LogP contribution in [0.5, 0.6) is 0 Å². The highest BCUT2D eigenvalue weighted by Crippen LogP contribution is 2.32. The number of rotatable bonds is 0. The Morgan fingerprint density at radius 1 is 0.944 bits per heavy atom. The van der Waals surface area contributed by atoms with E-state index in [1.54, 1.807) is 6.20 Å². The Morgan fingerprint density at radius 2 is 1.83 bits per heavy atom. The normalized spacial score (nSPS) is 11.6. The van der Waals surface area contributed by atoms with Crippen LogP contribution < -0.4 is 0 Å². The van der Waals surface area contributed by atoms with E-state index in [9.17, 15) is 0 Å². The van der Waals surface area contributed by atoms with Crippen molar-refractivity contribution in [3.63, 3.8) is 0 Å². The average molecular weight is 234 g/mol. The molecule has 0 N–H and O–H groups in total. The lowest BCUT2D eigenvalue weighted by Gasteiger charge is -1.96. The van der Waals surface area contributed by atoms with Gasteiger partial charge in [0, 0.05) is 28.0 Å². The van der Waals surface area contributed by atoms with Crippen LogP contribution in [0.15, 0.2) is 47.1 Å². The van der Waals surface area contributed by atoms with Crippen molar-refractivity contribution in [2.45, 2.75) is 6.92 Å². The second-order valence-electron chi connectivity index (χ2n) is 4.44. The first-order chi connectivity index (χ1) is 8.83. The van der Waals surface area contributed by atoms with E-state index in [1.165, 1.54) is 0 Å². The van der Waals surface area contributed by atoms with Gasteiger partial charge in [-0.25, -0.2) is 0 Å². The minimum atomic E-state index is 0.814. The van der Waals surface area contributed by atoms with E-state index < -0.39 is 0 Å². The largest absolute Gasteiger partial charge is 0.454 e. The first-order valence-corrected chi connectivity index (χ1v) is 5.85. The molecule has 3 aromatic heterocycles. The Morgan fingerprint density at radius 3 is 2.78 bits per heavy atom. The minimum Gasteiger partial charge on any atom is -0.454 e. The zero-order valence-corrected chi connectivity index (χ0v) is 9.84. The van der Waals surface area contributed by atoms with Crippen molar-refractivity contribution in [1.29, 1.82) is 0 Å². The molecule has 0 atom stereocenters. The number of pyridine rings is 2. The Balaban J connectivity index is 2.30. The fourth-order valence-corrected chi connectivity index (χ4v) is 2.37. The van der Waals surface area contributed by atoms with E-state index in [4.69, 9.17) is 4.42 Å². The molecule has 0 saturated carbocycles. The number of fused-ring (bicyclic) bond motifs is 5. The van der Waals surface area contributed by atoms with Gasteiger partial charge in [-0.3, -0.25) is 9.97 Å². The standard InChI is InChI=1S/C15H10N2O/c1-9-6-11-12-7-17-13-5-3-2-4-10(13)15(12)18-14(11)8-16-9/h2-8H,1H3. The molecule has 0 amide bonds. The van der Waals surface area contributed by atoms with Crippen LogP contribution in [-0.4, -0.2) is 9.97 Å². The third-order valence-electron chi connectivity index (χ3n) is 3.23. The van der Waals surface area contributed by atoms with Crippen molar-refractivity contribution in [3.05, 3.63) is 48.4 Å². The lowest BCUT2D eigenvalue weighted by molar-refractivity contribution is 0.670. The van der Waals surface area contributed by atoms with E-state index >= 15 is 0 Å². The van der Waals surface area contributed by atoms with Crippen LogP contribution >= 0.6 is 0 Å². The lowest BCUT2D eigenvalue weighted by atomic mass is 10.1. The molecule has 0 aliphatic heterocycles. The molecule has 0 fully saturated rings. The Bertz CT molecular complexity index is 893. The molecule has 0 aliphatic carbocycles. The second-order valence-corrected chi connectivity index (χ2v) is 4.44. The van der Waals surface area contributed by atoms with E-state index in [1.807, 2.05) is 43.5 Å². The van der Waals surface area contributed by atoms with Crippen molar-refractivity contribution in [2.75, 3.05) is 0 Å². The number of benzene rings is 1. The fourth-order valence-electron chi connectivity index (χ4n) is 2.37. The second kappa shape index (κ2) is 3.29. The molecule has 86 valence electrons. The number of hydrogen-bond acceptors (Lipinski definition) is 3. The van der Waals surface area contributed by atoms with Gasteiger partial charge in [-0.2, -0.15) is 0 Å². The van der Waals surface area contributed by atoms with Gasteiger partial charge in [-0.1, -0.05) is 12.1 Å². The zero-order chi connectivity index (χ0) is 12.1. The summed E-state index contributed by atoms with van der Waals surface area (Å²) in [7, 11) is 0. The van der Waals surface area contributed by atoms with Gasteiger partial charge in [0.1, 0.15) is 5.58 Å². The summed E-state index contributed by atoms with van der Waals surface area (Å²) in [5.74, 6) is 0. The van der Waals surface area contributed by atoms with Gasteiger partial charge in [0.25, 0.3) is 0 Å². The van der Waals surface area contributed by atoms with Crippen LogP contribution in [0, 0.1) is 6.92 Å². The van der Waals surface area contributed by atoms with Gasteiger partial charge in [-0.05, 0) is 25.1 Å². The zero-order valence-electron chi connectivity index (χ0n) is 9.84. The Hall–Kier alpha value is -2.42. The summed E-state index contributed by atoms with van der Waals surface area (Å²) in [6.07, 6.45) is 3.66. The van der Waals surface area contributed by atoms with Crippen molar-refractivity contribution in [2.24, 2.45) is 0 Å². The van der Waals surface area contributed by atoms with Crippen molar-refractivity contribution in [1.82, 2.24) is 9.97 Å². The Kier molecular flexibility index (Phi) is 1.75. The Labute approximate surface area is 103 Å². The van der Waals surface area contributed by atoms with Crippen molar-refractivity contribution in [3.8, 4) is 0 Å². The lowest BCUT2D eigenvalue weighted by Crippen LogP contribution is -1.79. The summed E-state index contributed by atoms with van der Waals surface area (Å²) in [4.78, 5) is 8.75. The highest BCUT2D eigenvalue weighted by Gasteiger charge is 2.10. The third kappa shape index (κ3) is 1.19. The average Bonchev–Trinajstić information content (AvgIpc) is 2.77. The molecule has 0 radical (unpaired) electrons. The number of para-hydroxylation sites is 1. The van der Waals surface area contributed by atoms with Crippen molar-refractivity contribution < 1.29 is 4.42 Å². The summed E-state index contributed by atoms with van der Waals surface area (Å²) in [5, 5.41) is 3.17. The van der Waals surface area contributed by atoms with Gasteiger partial charge in [0.15, 0.2) is 5.58 Å². The monoisotopic (exact) mass is 234 g/mol. The predicted molar refractivity (Wildman–Crippen MR) is 71.6 cm³/mol. The maximum absolute atomic E-state index is 5.92. The molecule has 0 unspecified atom stereocenters. The molecule has 4 aromatic rings. The van der Waals surface area contributed by atoms with Gasteiger partial charge in [0.2, 0.25) is 0 Å². The molecule has 0 spiro atoms. The first-order valence-electron chi connectivity index (χ1n) is 5.85.